The van der Waals surface area contributed by atoms with Crippen LogP contribution < -0.4 is 14.8 Å². The van der Waals surface area contributed by atoms with Crippen LogP contribution in [-0.4, -0.2) is 25.1 Å². The molecule has 0 atom stereocenters. The normalized spacial score (nSPS) is 10.9. The summed E-state index contributed by atoms with van der Waals surface area (Å²) in [5, 5.41) is 5.94. The predicted octanol–water partition coefficient (Wildman–Crippen LogP) is 4.53. The van der Waals surface area contributed by atoms with Crippen LogP contribution in [0.15, 0.2) is 41.8 Å². The van der Waals surface area contributed by atoms with Crippen LogP contribution in [0.1, 0.15) is 16.1 Å². The Bertz CT molecular complexity index is 946. The second-order valence-corrected chi connectivity index (χ2v) is 7.70. The van der Waals surface area contributed by atoms with Gasteiger partial charge in [0.1, 0.15) is 5.01 Å². The van der Waals surface area contributed by atoms with Crippen molar-refractivity contribution in [3.63, 3.8) is 0 Å². The summed E-state index contributed by atoms with van der Waals surface area (Å²) < 4.78 is 10.5. The van der Waals surface area contributed by atoms with E-state index in [9.17, 15) is 4.79 Å². The number of aryl methyl sites for hydroxylation is 1. The van der Waals surface area contributed by atoms with Gasteiger partial charge in [0.15, 0.2) is 11.5 Å². The molecule has 2 heterocycles. The first-order valence-corrected chi connectivity index (χ1v) is 9.98. The molecule has 0 spiro atoms. The number of nitrogens with zero attached hydrogens (tertiary/aromatic N) is 1. The van der Waals surface area contributed by atoms with Crippen LogP contribution in [0.4, 0.5) is 0 Å². The number of aromatic nitrogens is 1. The lowest BCUT2D eigenvalue weighted by atomic mass is 10.2. The van der Waals surface area contributed by atoms with Gasteiger partial charge in [0.25, 0.3) is 0 Å². The number of rotatable bonds is 7. The van der Waals surface area contributed by atoms with Crippen molar-refractivity contribution in [2.75, 3.05) is 14.2 Å². The Morgan fingerprint density at radius 3 is 2.74 bits per heavy atom. The molecule has 0 aliphatic rings. The average Bonchev–Trinajstić information content (AvgIpc) is 3.34. The molecule has 0 saturated heterocycles. The fraction of sp³-hybridized carbons (Fsp3) is 0.200. The third-order valence-corrected chi connectivity index (χ3v) is 6.08. The molecule has 0 aliphatic carbocycles. The van der Waals surface area contributed by atoms with Crippen molar-refractivity contribution >= 4 is 34.7 Å². The summed E-state index contributed by atoms with van der Waals surface area (Å²) in [5.41, 5.74) is 1.81. The minimum absolute atomic E-state index is 0.157. The minimum atomic E-state index is -0.157. The highest BCUT2D eigenvalue weighted by Gasteiger charge is 2.10. The van der Waals surface area contributed by atoms with E-state index >= 15 is 0 Å². The fourth-order valence-corrected chi connectivity index (χ4v) is 4.25. The number of hydrogen-bond acceptors (Lipinski definition) is 6. The molecular formula is C20H20N2O3S2. The molecule has 5 nitrogen and oxygen atoms in total. The maximum atomic E-state index is 12.1. The molecule has 0 fully saturated rings. The third-order valence-electron chi connectivity index (χ3n) is 3.88. The molecule has 0 saturated carbocycles. The van der Waals surface area contributed by atoms with Crippen LogP contribution in [0, 0.1) is 6.92 Å². The summed E-state index contributed by atoms with van der Waals surface area (Å²) >= 11 is 3.28. The lowest BCUT2D eigenvalue weighted by Crippen LogP contribution is -2.20. The number of thiazole rings is 1. The van der Waals surface area contributed by atoms with E-state index in [1.54, 1.807) is 43.0 Å². The SMILES string of the molecule is COc1ccc(/C=C/C(=O)NCc2sc(-c3cccs3)nc2C)cc1OC. The monoisotopic (exact) mass is 400 g/mol. The molecule has 3 aromatic rings. The minimum Gasteiger partial charge on any atom is -0.493 e. The summed E-state index contributed by atoms with van der Waals surface area (Å²) in [4.78, 5) is 18.9. The van der Waals surface area contributed by atoms with Gasteiger partial charge in [-0.25, -0.2) is 4.98 Å². The molecule has 27 heavy (non-hydrogen) atoms. The molecular weight excluding hydrogens is 380 g/mol. The average molecular weight is 401 g/mol. The Hall–Kier alpha value is -2.64. The van der Waals surface area contributed by atoms with Crippen LogP contribution in [0.5, 0.6) is 11.5 Å². The Morgan fingerprint density at radius 1 is 1.22 bits per heavy atom. The number of methoxy groups -OCH3 is 2. The molecule has 140 valence electrons. The van der Waals surface area contributed by atoms with Gasteiger partial charge < -0.3 is 14.8 Å². The van der Waals surface area contributed by atoms with E-state index in [0.29, 0.717) is 18.0 Å². The second-order valence-electron chi connectivity index (χ2n) is 5.67. The van der Waals surface area contributed by atoms with Crippen molar-refractivity contribution in [2.45, 2.75) is 13.5 Å². The standard InChI is InChI=1S/C20H20N2O3S2/c1-13-18(27-20(22-13)17-5-4-10-26-17)12-21-19(23)9-7-14-6-8-15(24-2)16(11-14)25-3/h4-11H,12H2,1-3H3,(H,21,23)/b9-7+. The Morgan fingerprint density at radius 2 is 2.04 bits per heavy atom. The summed E-state index contributed by atoms with van der Waals surface area (Å²) in [6, 6.07) is 9.56. The van der Waals surface area contributed by atoms with Crippen molar-refractivity contribution in [3.8, 4) is 21.4 Å². The predicted molar refractivity (Wildman–Crippen MR) is 111 cm³/mol. The molecule has 0 aliphatic heterocycles. The van der Waals surface area contributed by atoms with Gasteiger partial charge in [0.2, 0.25) is 5.91 Å². The van der Waals surface area contributed by atoms with E-state index in [2.05, 4.69) is 16.4 Å². The summed E-state index contributed by atoms with van der Waals surface area (Å²) in [5.74, 6) is 1.12. The highest BCUT2D eigenvalue weighted by molar-refractivity contribution is 7.21. The van der Waals surface area contributed by atoms with Crippen molar-refractivity contribution in [1.29, 1.82) is 0 Å². The number of thiophene rings is 1. The first-order valence-electron chi connectivity index (χ1n) is 8.29. The van der Waals surface area contributed by atoms with Crippen molar-refractivity contribution in [1.82, 2.24) is 10.3 Å². The van der Waals surface area contributed by atoms with Crippen LogP contribution >= 0.6 is 22.7 Å². The van der Waals surface area contributed by atoms with Crippen LogP contribution in [0.3, 0.4) is 0 Å². The van der Waals surface area contributed by atoms with Gasteiger partial charge in [0, 0.05) is 11.0 Å². The number of carbonyl (C=O) groups excluding carboxylic acids is 1. The summed E-state index contributed by atoms with van der Waals surface area (Å²) in [6.45, 7) is 2.43. The van der Waals surface area contributed by atoms with Gasteiger partial charge in [-0.15, -0.1) is 22.7 Å². The largest absolute Gasteiger partial charge is 0.493 e. The molecule has 1 amide bonds. The molecule has 3 rings (SSSR count). The maximum Gasteiger partial charge on any atom is 0.244 e. The van der Waals surface area contributed by atoms with Crippen LogP contribution in [-0.2, 0) is 11.3 Å². The third kappa shape index (κ3) is 4.75. The van der Waals surface area contributed by atoms with Crippen LogP contribution in [0.25, 0.3) is 16.0 Å². The van der Waals surface area contributed by atoms with Crippen molar-refractivity contribution in [2.24, 2.45) is 0 Å². The molecule has 7 heteroatoms. The van der Waals surface area contributed by atoms with Crippen LogP contribution in [0.2, 0.25) is 0 Å². The number of amides is 1. The van der Waals surface area contributed by atoms with Gasteiger partial charge in [-0.2, -0.15) is 0 Å². The number of benzene rings is 1. The van der Waals surface area contributed by atoms with Gasteiger partial charge in [-0.1, -0.05) is 12.1 Å². The number of hydrogen-bond donors (Lipinski definition) is 1. The molecule has 2 aromatic heterocycles. The molecule has 0 bridgehead atoms. The van der Waals surface area contributed by atoms with E-state index < -0.39 is 0 Å². The molecule has 0 radical (unpaired) electrons. The zero-order valence-corrected chi connectivity index (χ0v) is 16.9. The second kappa shape index (κ2) is 8.83. The van der Waals surface area contributed by atoms with Crippen molar-refractivity contribution in [3.05, 3.63) is 57.9 Å². The van der Waals surface area contributed by atoms with E-state index in [4.69, 9.17) is 9.47 Å². The van der Waals surface area contributed by atoms with E-state index in [1.807, 2.05) is 36.6 Å². The van der Waals surface area contributed by atoms with Gasteiger partial charge in [-0.3, -0.25) is 4.79 Å². The maximum absolute atomic E-state index is 12.1. The fourth-order valence-electron chi connectivity index (χ4n) is 2.45. The lowest BCUT2D eigenvalue weighted by Gasteiger charge is -2.07. The zero-order valence-electron chi connectivity index (χ0n) is 15.3. The van der Waals surface area contributed by atoms with Gasteiger partial charge >= 0.3 is 0 Å². The number of ether oxygens (including phenoxy) is 2. The highest BCUT2D eigenvalue weighted by Crippen LogP contribution is 2.31. The lowest BCUT2D eigenvalue weighted by molar-refractivity contribution is -0.116. The first kappa shape index (κ1) is 19.1. The van der Waals surface area contributed by atoms with Gasteiger partial charge in [-0.05, 0) is 42.1 Å². The smallest absolute Gasteiger partial charge is 0.244 e. The quantitative estimate of drug-likeness (QED) is 0.592. The van der Waals surface area contributed by atoms with E-state index in [0.717, 1.165) is 26.0 Å². The molecule has 0 unspecified atom stereocenters. The topological polar surface area (TPSA) is 60.5 Å². The highest BCUT2D eigenvalue weighted by atomic mass is 32.1. The number of nitrogens with one attached hydrogen (secondary N) is 1. The summed E-state index contributed by atoms with van der Waals surface area (Å²) in [6.07, 6.45) is 3.26. The Kier molecular flexibility index (Phi) is 6.26. The Labute approximate surface area is 166 Å². The Balaban J connectivity index is 1.61. The molecule has 1 N–H and O–H groups in total. The number of carbonyl (C=O) groups is 1. The van der Waals surface area contributed by atoms with E-state index in [1.165, 1.54) is 6.08 Å². The zero-order chi connectivity index (χ0) is 19.2. The van der Waals surface area contributed by atoms with E-state index in [-0.39, 0.29) is 5.91 Å². The van der Waals surface area contributed by atoms with Gasteiger partial charge in [0.05, 0.1) is 31.3 Å². The van der Waals surface area contributed by atoms with Crippen molar-refractivity contribution < 1.29 is 14.3 Å². The molecule has 1 aromatic carbocycles. The summed E-state index contributed by atoms with van der Waals surface area (Å²) in [7, 11) is 3.17. The first-order chi connectivity index (χ1) is 13.1.